The van der Waals surface area contributed by atoms with E-state index in [0.717, 1.165) is 22.4 Å². The van der Waals surface area contributed by atoms with Crippen LogP contribution in [0.5, 0.6) is 5.75 Å². The quantitative estimate of drug-likeness (QED) is 0.862. The molecule has 2 aromatic rings. The lowest BCUT2D eigenvalue weighted by Crippen LogP contribution is -2.34. The molecular weight excluding hydrogens is 299 g/mol. The van der Waals surface area contributed by atoms with E-state index in [1.54, 1.807) is 24.3 Å². The molecule has 0 aromatic heterocycles. The highest BCUT2D eigenvalue weighted by Crippen LogP contribution is 2.24. The number of anilines is 1. The van der Waals surface area contributed by atoms with Crippen molar-refractivity contribution in [2.24, 2.45) is 0 Å². The summed E-state index contributed by atoms with van der Waals surface area (Å²) in [5.41, 5.74) is 1.07. The number of hydrogen-bond acceptors (Lipinski definition) is 4. The van der Waals surface area contributed by atoms with Crippen LogP contribution in [0.4, 0.5) is 10.1 Å². The third-order valence-electron chi connectivity index (χ3n) is 3.54. The van der Waals surface area contributed by atoms with Crippen molar-refractivity contribution in [3.05, 3.63) is 59.4 Å². The van der Waals surface area contributed by atoms with Gasteiger partial charge >= 0.3 is 0 Å². The van der Waals surface area contributed by atoms with E-state index in [0.29, 0.717) is 6.61 Å². The molecule has 1 aliphatic rings. The molecule has 0 bridgehead atoms. The maximum atomic E-state index is 13.2. The van der Waals surface area contributed by atoms with E-state index in [1.165, 1.54) is 12.1 Å². The van der Waals surface area contributed by atoms with Gasteiger partial charge in [-0.2, -0.15) is 0 Å². The second-order valence-corrected chi connectivity index (χ2v) is 5.02. The van der Waals surface area contributed by atoms with Crippen molar-refractivity contribution in [2.75, 3.05) is 18.6 Å². The summed E-state index contributed by atoms with van der Waals surface area (Å²) in [6, 6.07) is 10.8. The van der Waals surface area contributed by atoms with Gasteiger partial charge in [0, 0.05) is 5.69 Å². The Bertz CT molecular complexity index is 759. The van der Waals surface area contributed by atoms with Gasteiger partial charge in [0.05, 0.1) is 24.4 Å². The molecule has 0 saturated heterocycles. The molecule has 0 fully saturated rings. The Morgan fingerprint density at radius 1 is 1.04 bits per heavy atom. The summed E-state index contributed by atoms with van der Waals surface area (Å²) in [5, 5.41) is 3.00. The van der Waals surface area contributed by atoms with Gasteiger partial charge in [0.25, 0.3) is 11.8 Å². The first kappa shape index (κ1) is 15.0. The van der Waals surface area contributed by atoms with Crippen molar-refractivity contribution >= 4 is 17.5 Å². The minimum atomic E-state index is -0.536. The number of nitrogens with one attached hydrogen (secondary N) is 1. The average Bonchev–Trinajstić information content (AvgIpc) is 2.78. The van der Waals surface area contributed by atoms with Crippen LogP contribution in [0.3, 0.4) is 0 Å². The molecule has 1 aliphatic heterocycles. The molecule has 118 valence electrons. The lowest BCUT2D eigenvalue weighted by molar-refractivity contribution is 0.0665. The first-order chi connectivity index (χ1) is 11.1. The maximum absolute atomic E-state index is 13.2. The van der Waals surface area contributed by atoms with Crippen LogP contribution in [0, 0.1) is 5.82 Å². The van der Waals surface area contributed by atoms with Crippen LogP contribution >= 0.6 is 0 Å². The molecule has 0 atom stereocenters. The second-order valence-electron chi connectivity index (χ2n) is 5.02. The number of amides is 2. The van der Waals surface area contributed by atoms with E-state index in [9.17, 15) is 14.0 Å². The summed E-state index contributed by atoms with van der Waals surface area (Å²) >= 11 is 0. The topological polar surface area (TPSA) is 58.6 Å². The number of benzene rings is 2. The Morgan fingerprint density at radius 3 is 2.43 bits per heavy atom. The molecule has 0 spiro atoms. The third kappa shape index (κ3) is 2.88. The van der Waals surface area contributed by atoms with Gasteiger partial charge in [-0.15, -0.1) is 0 Å². The second kappa shape index (κ2) is 6.08. The number of imide groups is 1. The van der Waals surface area contributed by atoms with Crippen molar-refractivity contribution in [1.82, 2.24) is 4.90 Å². The van der Waals surface area contributed by atoms with E-state index in [-0.39, 0.29) is 17.8 Å². The minimum Gasteiger partial charge on any atom is -0.494 e. The molecule has 6 heteroatoms. The largest absolute Gasteiger partial charge is 0.494 e. The Balaban J connectivity index is 1.69. The fourth-order valence-corrected chi connectivity index (χ4v) is 2.41. The Kier molecular flexibility index (Phi) is 3.97. The predicted octanol–water partition coefficient (Wildman–Crippen LogP) is 2.89. The summed E-state index contributed by atoms with van der Waals surface area (Å²) < 4.78 is 18.6. The first-order valence-corrected chi connectivity index (χ1v) is 7.22. The van der Waals surface area contributed by atoms with Crippen molar-refractivity contribution in [3.8, 4) is 5.75 Å². The highest BCUT2D eigenvalue weighted by atomic mass is 19.1. The van der Waals surface area contributed by atoms with Crippen LogP contribution in [0.25, 0.3) is 0 Å². The number of nitrogens with zero attached hydrogens (tertiary/aromatic N) is 1. The van der Waals surface area contributed by atoms with E-state index < -0.39 is 17.6 Å². The molecule has 1 heterocycles. The Labute approximate surface area is 132 Å². The van der Waals surface area contributed by atoms with E-state index in [2.05, 4.69) is 5.32 Å². The van der Waals surface area contributed by atoms with E-state index >= 15 is 0 Å². The van der Waals surface area contributed by atoms with Crippen LogP contribution in [-0.4, -0.2) is 30.0 Å². The molecular formula is C17H15FN2O3. The van der Waals surface area contributed by atoms with Crippen LogP contribution in [0.2, 0.25) is 0 Å². The number of halogens is 1. The molecule has 3 rings (SSSR count). The molecule has 0 unspecified atom stereocenters. The van der Waals surface area contributed by atoms with Gasteiger partial charge in [-0.05, 0) is 49.4 Å². The lowest BCUT2D eigenvalue weighted by Gasteiger charge is -2.15. The van der Waals surface area contributed by atoms with Gasteiger partial charge in [0.1, 0.15) is 11.6 Å². The number of carbonyl (C=O) groups excluding carboxylic acids is 2. The molecule has 0 aliphatic carbocycles. The standard InChI is InChI=1S/C17H15FN2O3/c1-2-23-13-6-4-12(5-7-13)19-10-20-16(21)14-8-3-11(18)9-15(14)17(20)22/h3-9,19H,2,10H2,1H3. The summed E-state index contributed by atoms with van der Waals surface area (Å²) in [5.74, 6) is -0.716. The normalized spacial score (nSPS) is 13.2. The van der Waals surface area contributed by atoms with E-state index in [4.69, 9.17) is 4.74 Å². The molecule has 1 N–H and O–H groups in total. The van der Waals surface area contributed by atoms with Crippen molar-refractivity contribution in [3.63, 3.8) is 0 Å². The lowest BCUT2D eigenvalue weighted by atomic mass is 10.1. The average molecular weight is 314 g/mol. The molecule has 2 aromatic carbocycles. The number of ether oxygens (including phenoxy) is 1. The van der Waals surface area contributed by atoms with Gasteiger partial charge in [-0.25, -0.2) is 4.39 Å². The van der Waals surface area contributed by atoms with Gasteiger partial charge in [0.2, 0.25) is 0 Å². The summed E-state index contributed by atoms with van der Waals surface area (Å²) in [6.45, 7) is 2.50. The van der Waals surface area contributed by atoms with Gasteiger partial charge in [-0.1, -0.05) is 0 Å². The van der Waals surface area contributed by atoms with Crippen LogP contribution in [0.1, 0.15) is 27.6 Å². The predicted molar refractivity (Wildman–Crippen MR) is 83.0 cm³/mol. The van der Waals surface area contributed by atoms with Crippen LogP contribution in [0.15, 0.2) is 42.5 Å². The number of rotatable bonds is 5. The van der Waals surface area contributed by atoms with Crippen LogP contribution in [-0.2, 0) is 0 Å². The van der Waals surface area contributed by atoms with Crippen molar-refractivity contribution < 1.29 is 18.7 Å². The number of hydrogen-bond donors (Lipinski definition) is 1. The summed E-state index contributed by atoms with van der Waals surface area (Å²) in [6.07, 6.45) is 0. The fourth-order valence-electron chi connectivity index (χ4n) is 2.41. The van der Waals surface area contributed by atoms with Gasteiger partial charge in [0.15, 0.2) is 0 Å². The molecule has 5 nitrogen and oxygen atoms in total. The van der Waals surface area contributed by atoms with Gasteiger partial charge in [-0.3, -0.25) is 14.5 Å². The third-order valence-corrected chi connectivity index (χ3v) is 3.54. The smallest absolute Gasteiger partial charge is 0.263 e. The zero-order chi connectivity index (χ0) is 16.4. The molecule has 0 saturated carbocycles. The maximum Gasteiger partial charge on any atom is 0.263 e. The minimum absolute atomic E-state index is 0.0158. The molecule has 2 amide bonds. The van der Waals surface area contributed by atoms with Crippen molar-refractivity contribution in [1.29, 1.82) is 0 Å². The van der Waals surface area contributed by atoms with Crippen LogP contribution < -0.4 is 10.1 Å². The van der Waals surface area contributed by atoms with E-state index in [1.807, 2.05) is 6.92 Å². The van der Waals surface area contributed by atoms with Crippen molar-refractivity contribution in [2.45, 2.75) is 6.92 Å². The zero-order valence-corrected chi connectivity index (χ0v) is 12.5. The number of fused-ring (bicyclic) bond motifs is 1. The SMILES string of the molecule is CCOc1ccc(NCN2C(=O)c3ccc(F)cc3C2=O)cc1. The Morgan fingerprint density at radius 2 is 1.74 bits per heavy atom. The molecule has 0 radical (unpaired) electrons. The summed E-state index contributed by atoms with van der Waals surface area (Å²) in [4.78, 5) is 25.5. The first-order valence-electron chi connectivity index (χ1n) is 7.22. The Hall–Kier alpha value is -2.89. The molecule has 23 heavy (non-hydrogen) atoms. The summed E-state index contributed by atoms with van der Waals surface area (Å²) in [7, 11) is 0. The van der Waals surface area contributed by atoms with Gasteiger partial charge < -0.3 is 10.1 Å². The fraction of sp³-hybridized carbons (Fsp3) is 0.176. The zero-order valence-electron chi connectivity index (χ0n) is 12.5. The highest BCUT2D eigenvalue weighted by molar-refractivity contribution is 6.21. The number of carbonyl (C=O) groups is 2. The monoisotopic (exact) mass is 314 g/mol. The highest BCUT2D eigenvalue weighted by Gasteiger charge is 2.35.